The third kappa shape index (κ3) is 6.07. The Bertz CT molecular complexity index is 307. The average Bonchev–Trinajstić information content (AvgIpc) is 2.32. The summed E-state index contributed by atoms with van der Waals surface area (Å²) in [6.07, 6.45) is 1.93. The van der Waals surface area contributed by atoms with Gasteiger partial charge in [-0.2, -0.15) is 0 Å². The zero-order valence-electron chi connectivity index (χ0n) is 10.9. The number of carbonyl (C=O) groups excluding carboxylic acids is 2. The van der Waals surface area contributed by atoms with Gasteiger partial charge in [0, 0.05) is 7.05 Å². The van der Waals surface area contributed by atoms with E-state index >= 15 is 0 Å². The number of nitrogens with one attached hydrogen (secondary N) is 3. The number of carboxylic acids is 1. The summed E-state index contributed by atoms with van der Waals surface area (Å²) >= 11 is 0. The highest BCUT2D eigenvalue weighted by Gasteiger charge is 2.21. The van der Waals surface area contributed by atoms with Gasteiger partial charge in [0.15, 0.2) is 0 Å². The van der Waals surface area contributed by atoms with Crippen LogP contribution in [-0.4, -0.2) is 42.1 Å². The van der Waals surface area contributed by atoms with E-state index in [2.05, 4.69) is 16.0 Å². The van der Waals surface area contributed by atoms with Crippen LogP contribution in [0, 0.1) is 0 Å². The molecule has 0 spiro atoms. The first-order valence-corrected chi connectivity index (χ1v) is 5.93. The summed E-state index contributed by atoms with van der Waals surface area (Å²) in [5, 5.41) is 16.0. The fourth-order valence-corrected chi connectivity index (χ4v) is 1.34. The Morgan fingerprint density at radius 3 is 2.28 bits per heavy atom. The lowest BCUT2D eigenvalue weighted by atomic mass is 10.1. The van der Waals surface area contributed by atoms with E-state index in [0.29, 0.717) is 12.8 Å². The summed E-state index contributed by atoms with van der Waals surface area (Å²) < 4.78 is 0. The van der Waals surface area contributed by atoms with Crippen molar-refractivity contribution in [1.29, 1.82) is 0 Å². The van der Waals surface area contributed by atoms with Gasteiger partial charge in [-0.1, -0.05) is 19.8 Å². The van der Waals surface area contributed by atoms with Crippen molar-refractivity contribution in [2.24, 2.45) is 0 Å². The standard InChI is InChI=1S/C11H21N3O4/c1-4-5-6-8(10(16)17)14-11(18)13-7(2)9(15)12-3/h7-8H,4-6H2,1-3H3,(H,12,15)(H,16,17)(H2,13,14,18). The maximum atomic E-state index is 11.5. The molecular formula is C11H21N3O4. The number of likely N-dealkylation sites (N-methyl/N-ethyl adjacent to an activating group) is 1. The van der Waals surface area contributed by atoms with Crippen LogP contribution in [0.25, 0.3) is 0 Å². The minimum Gasteiger partial charge on any atom is -0.480 e. The molecule has 3 amide bonds. The summed E-state index contributed by atoms with van der Waals surface area (Å²) in [6, 6.07) is -2.30. The average molecular weight is 259 g/mol. The smallest absolute Gasteiger partial charge is 0.326 e. The second-order valence-corrected chi connectivity index (χ2v) is 3.99. The topological polar surface area (TPSA) is 108 Å². The summed E-state index contributed by atoms with van der Waals surface area (Å²) in [6.45, 7) is 3.45. The zero-order valence-corrected chi connectivity index (χ0v) is 10.9. The Morgan fingerprint density at radius 1 is 1.22 bits per heavy atom. The molecule has 104 valence electrons. The molecule has 0 fully saturated rings. The molecule has 18 heavy (non-hydrogen) atoms. The molecule has 0 aliphatic heterocycles. The van der Waals surface area contributed by atoms with Crippen LogP contribution in [-0.2, 0) is 9.59 Å². The van der Waals surface area contributed by atoms with Crippen LogP contribution in [0.2, 0.25) is 0 Å². The molecule has 0 radical (unpaired) electrons. The predicted octanol–water partition coefficient (Wildman–Crippen LogP) is 0.0635. The van der Waals surface area contributed by atoms with E-state index in [0.717, 1.165) is 6.42 Å². The molecule has 2 atom stereocenters. The molecule has 0 aliphatic carbocycles. The number of unbranched alkanes of at least 4 members (excludes halogenated alkanes) is 1. The molecule has 0 aromatic carbocycles. The van der Waals surface area contributed by atoms with Crippen molar-refractivity contribution in [3.05, 3.63) is 0 Å². The van der Waals surface area contributed by atoms with Gasteiger partial charge in [0.2, 0.25) is 5.91 Å². The highest BCUT2D eigenvalue weighted by atomic mass is 16.4. The van der Waals surface area contributed by atoms with Crippen molar-refractivity contribution < 1.29 is 19.5 Å². The zero-order chi connectivity index (χ0) is 14.1. The first-order valence-electron chi connectivity index (χ1n) is 5.93. The van der Waals surface area contributed by atoms with Gasteiger partial charge in [-0.3, -0.25) is 4.79 Å². The fraction of sp³-hybridized carbons (Fsp3) is 0.727. The maximum absolute atomic E-state index is 11.5. The maximum Gasteiger partial charge on any atom is 0.326 e. The normalized spacial score (nSPS) is 13.3. The van der Waals surface area contributed by atoms with Crippen molar-refractivity contribution in [3.8, 4) is 0 Å². The van der Waals surface area contributed by atoms with Crippen molar-refractivity contribution >= 4 is 17.9 Å². The van der Waals surface area contributed by atoms with Crippen molar-refractivity contribution in [2.45, 2.75) is 45.2 Å². The Morgan fingerprint density at radius 2 is 1.83 bits per heavy atom. The third-order valence-electron chi connectivity index (χ3n) is 2.44. The van der Waals surface area contributed by atoms with Gasteiger partial charge in [0.25, 0.3) is 0 Å². The predicted molar refractivity (Wildman–Crippen MR) is 66.1 cm³/mol. The van der Waals surface area contributed by atoms with Gasteiger partial charge in [0.05, 0.1) is 0 Å². The van der Waals surface area contributed by atoms with Crippen molar-refractivity contribution in [2.75, 3.05) is 7.05 Å². The second kappa shape index (κ2) is 8.32. The van der Waals surface area contributed by atoms with Crippen LogP contribution in [0.5, 0.6) is 0 Å². The van der Waals surface area contributed by atoms with Crippen LogP contribution >= 0.6 is 0 Å². The number of carboxylic acid groups (broad SMARTS) is 1. The largest absolute Gasteiger partial charge is 0.480 e. The van der Waals surface area contributed by atoms with Gasteiger partial charge in [0.1, 0.15) is 12.1 Å². The molecule has 0 saturated heterocycles. The first kappa shape index (κ1) is 16.2. The fourth-order valence-electron chi connectivity index (χ4n) is 1.34. The van der Waals surface area contributed by atoms with Crippen molar-refractivity contribution in [3.63, 3.8) is 0 Å². The highest BCUT2D eigenvalue weighted by Crippen LogP contribution is 2.00. The van der Waals surface area contributed by atoms with Gasteiger partial charge >= 0.3 is 12.0 Å². The molecule has 0 bridgehead atoms. The van der Waals surface area contributed by atoms with Crippen LogP contribution in [0.3, 0.4) is 0 Å². The number of urea groups is 1. The summed E-state index contributed by atoms with van der Waals surface area (Å²) in [7, 11) is 1.46. The Kier molecular flexibility index (Phi) is 7.50. The van der Waals surface area contributed by atoms with E-state index in [9.17, 15) is 14.4 Å². The van der Waals surface area contributed by atoms with Crippen molar-refractivity contribution in [1.82, 2.24) is 16.0 Å². The molecule has 2 unspecified atom stereocenters. The van der Waals surface area contributed by atoms with E-state index in [-0.39, 0.29) is 5.91 Å². The first-order chi connectivity index (χ1) is 8.42. The highest BCUT2D eigenvalue weighted by molar-refractivity contribution is 5.88. The van der Waals surface area contributed by atoms with Crippen LogP contribution in [0.1, 0.15) is 33.1 Å². The second-order valence-electron chi connectivity index (χ2n) is 3.99. The summed E-state index contributed by atoms with van der Waals surface area (Å²) in [5.74, 6) is -1.42. The molecule has 0 saturated carbocycles. The Labute approximate surface area is 106 Å². The molecule has 0 rings (SSSR count). The molecular weight excluding hydrogens is 238 g/mol. The van der Waals surface area contributed by atoms with Crippen LogP contribution in [0.15, 0.2) is 0 Å². The molecule has 0 heterocycles. The van der Waals surface area contributed by atoms with E-state index in [1.807, 2.05) is 6.92 Å². The number of hydrogen-bond donors (Lipinski definition) is 4. The number of amides is 3. The van der Waals surface area contributed by atoms with Gasteiger partial charge in [-0.05, 0) is 13.3 Å². The number of carbonyl (C=O) groups is 3. The van der Waals surface area contributed by atoms with Crippen LogP contribution in [0.4, 0.5) is 4.79 Å². The molecule has 4 N–H and O–H groups in total. The Hall–Kier alpha value is -1.79. The minimum absolute atomic E-state index is 0.342. The lowest BCUT2D eigenvalue weighted by molar-refractivity contribution is -0.139. The lowest BCUT2D eigenvalue weighted by Crippen LogP contribution is -2.51. The van der Waals surface area contributed by atoms with E-state index < -0.39 is 24.1 Å². The molecule has 7 nitrogen and oxygen atoms in total. The summed E-state index contributed by atoms with van der Waals surface area (Å²) in [4.78, 5) is 33.6. The number of rotatable bonds is 7. The summed E-state index contributed by atoms with van der Waals surface area (Å²) in [5.41, 5.74) is 0. The molecule has 0 aliphatic rings. The monoisotopic (exact) mass is 259 g/mol. The van der Waals surface area contributed by atoms with Gasteiger partial charge < -0.3 is 21.1 Å². The SMILES string of the molecule is CCCCC(NC(=O)NC(C)C(=O)NC)C(=O)O. The minimum atomic E-state index is -1.08. The van der Waals surface area contributed by atoms with Crippen LogP contribution < -0.4 is 16.0 Å². The molecule has 0 aromatic heterocycles. The van der Waals surface area contributed by atoms with E-state index in [4.69, 9.17) is 5.11 Å². The molecule has 7 heteroatoms. The third-order valence-corrected chi connectivity index (χ3v) is 2.44. The lowest BCUT2D eigenvalue weighted by Gasteiger charge is -2.17. The Balaban J connectivity index is 4.25. The van der Waals surface area contributed by atoms with E-state index in [1.54, 1.807) is 0 Å². The number of hydrogen-bond acceptors (Lipinski definition) is 3. The molecule has 0 aromatic rings. The quantitative estimate of drug-likeness (QED) is 0.518. The van der Waals surface area contributed by atoms with Gasteiger partial charge in [-0.15, -0.1) is 0 Å². The van der Waals surface area contributed by atoms with E-state index in [1.165, 1.54) is 14.0 Å². The number of aliphatic carboxylic acids is 1. The van der Waals surface area contributed by atoms with Gasteiger partial charge in [-0.25, -0.2) is 9.59 Å².